The van der Waals surface area contributed by atoms with Crippen LogP contribution < -0.4 is 10.6 Å². The second kappa shape index (κ2) is 46.3. The van der Waals surface area contributed by atoms with E-state index in [0.29, 0.717) is 19.3 Å². The average Bonchev–Trinajstić information content (AvgIpc) is 0.810. The van der Waals surface area contributed by atoms with Gasteiger partial charge in [0.2, 0.25) is 11.8 Å². The minimum Gasteiger partial charge on any atom is -0.477 e. The van der Waals surface area contributed by atoms with Gasteiger partial charge in [-0.1, -0.05) is 199 Å². The lowest BCUT2D eigenvalue weighted by Gasteiger charge is -2.50. The van der Waals surface area contributed by atoms with Gasteiger partial charge in [0, 0.05) is 19.8 Å². The van der Waals surface area contributed by atoms with Gasteiger partial charge in [-0.2, -0.15) is 0 Å². The summed E-state index contributed by atoms with van der Waals surface area (Å²) in [4.78, 5) is 38.5. The molecule has 0 aliphatic carbocycles. The Labute approximate surface area is 523 Å². The molecule has 2 amide bonds. The lowest BCUT2D eigenvalue weighted by Crippen LogP contribution is -2.70. The number of amides is 2. The number of carboxylic acids is 1. The SMILES string of the molecule is CCCCC/C=C\C=C/CCCCCCCCC(=O)NC(COC1OC(CO)C(OC2OC(CO)C(O)C(OC3(C(=O)O)CC(O)C(NC(C)=O)C(C(O)C(O)CO)O3)C2O)C(O)C1O)C(O)CCCCCCCCCCCCCCCCCCCCC. The van der Waals surface area contributed by atoms with Crippen molar-refractivity contribution in [2.45, 2.75) is 342 Å². The highest BCUT2D eigenvalue weighted by Gasteiger charge is 2.60. The van der Waals surface area contributed by atoms with Crippen LogP contribution in [0.5, 0.6) is 0 Å². The van der Waals surface area contributed by atoms with Gasteiger partial charge in [-0.05, 0) is 38.5 Å². The van der Waals surface area contributed by atoms with Crippen LogP contribution in [0.25, 0.3) is 0 Å². The van der Waals surface area contributed by atoms with Crippen molar-refractivity contribution in [1.82, 2.24) is 10.6 Å². The molecule has 3 fully saturated rings. The molecule has 3 aliphatic rings. The summed E-state index contributed by atoms with van der Waals surface area (Å²) in [6, 6.07) is -2.54. The van der Waals surface area contributed by atoms with Crippen LogP contribution in [0.2, 0.25) is 0 Å². The molecule has 88 heavy (non-hydrogen) atoms. The van der Waals surface area contributed by atoms with Crippen LogP contribution in [0.15, 0.2) is 24.3 Å². The number of hydrogen-bond acceptors (Lipinski definition) is 20. The van der Waals surface area contributed by atoms with Crippen molar-refractivity contribution in [3.63, 3.8) is 0 Å². The Hall–Kier alpha value is -2.79. The number of carboxylic acid groups (broad SMARTS) is 1. The van der Waals surface area contributed by atoms with E-state index in [2.05, 4.69) is 48.8 Å². The van der Waals surface area contributed by atoms with E-state index in [1.807, 2.05) is 0 Å². The van der Waals surface area contributed by atoms with E-state index in [4.69, 9.17) is 28.4 Å². The molecule has 0 bridgehead atoms. The fourth-order valence-corrected chi connectivity index (χ4v) is 11.8. The van der Waals surface area contributed by atoms with Gasteiger partial charge < -0.3 is 100 Å². The molecule has 0 saturated carbocycles. The molecule has 3 aliphatic heterocycles. The van der Waals surface area contributed by atoms with Crippen molar-refractivity contribution in [3.8, 4) is 0 Å². The summed E-state index contributed by atoms with van der Waals surface area (Å²) in [6.07, 6.45) is 14.7. The normalized spacial score (nSPS) is 29.1. The minimum absolute atomic E-state index is 0.210. The van der Waals surface area contributed by atoms with Crippen LogP contribution in [0, 0.1) is 0 Å². The van der Waals surface area contributed by atoms with Crippen LogP contribution in [0.1, 0.15) is 233 Å². The molecule has 23 nitrogen and oxygen atoms in total. The monoisotopic (exact) mass is 1260 g/mol. The molecular formula is C65H118N2O21. The zero-order valence-corrected chi connectivity index (χ0v) is 53.3. The highest BCUT2D eigenvalue weighted by atomic mass is 16.8. The molecular weight excluding hydrogens is 1140 g/mol. The Morgan fingerprint density at radius 2 is 1.08 bits per heavy atom. The van der Waals surface area contributed by atoms with Crippen LogP contribution in [-0.4, -0.2) is 215 Å². The van der Waals surface area contributed by atoms with Crippen LogP contribution in [-0.2, 0) is 42.8 Å². The molecule has 0 aromatic rings. The van der Waals surface area contributed by atoms with E-state index in [-0.39, 0.29) is 18.9 Å². The largest absolute Gasteiger partial charge is 0.477 e. The predicted molar refractivity (Wildman–Crippen MR) is 329 cm³/mol. The van der Waals surface area contributed by atoms with Crippen LogP contribution in [0.4, 0.5) is 0 Å². The maximum Gasteiger partial charge on any atom is 0.364 e. The zero-order valence-electron chi connectivity index (χ0n) is 53.3. The summed E-state index contributed by atoms with van der Waals surface area (Å²) in [6.45, 7) is 2.16. The predicted octanol–water partition coefficient (Wildman–Crippen LogP) is 5.28. The molecule has 3 rings (SSSR count). The molecule has 0 aromatic heterocycles. The minimum atomic E-state index is -3.08. The number of aliphatic hydroxyl groups is 11. The first-order valence-electron chi connectivity index (χ1n) is 33.7. The second-order valence-corrected chi connectivity index (χ2v) is 24.7. The van der Waals surface area contributed by atoms with Gasteiger partial charge in [0.1, 0.15) is 67.1 Å². The number of rotatable bonds is 50. The van der Waals surface area contributed by atoms with E-state index in [0.717, 1.165) is 77.6 Å². The third-order valence-electron chi connectivity index (χ3n) is 17.2. The van der Waals surface area contributed by atoms with Gasteiger partial charge in [0.05, 0.1) is 50.7 Å². The lowest BCUT2D eigenvalue weighted by atomic mass is 9.88. The number of nitrogens with one attached hydrogen (secondary N) is 2. The summed E-state index contributed by atoms with van der Waals surface area (Å²) in [7, 11) is 0. The first-order valence-corrected chi connectivity index (χ1v) is 33.7. The smallest absolute Gasteiger partial charge is 0.364 e. The maximum atomic E-state index is 13.4. The van der Waals surface area contributed by atoms with Gasteiger partial charge in [0.15, 0.2) is 12.6 Å². The molecule has 0 spiro atoms. The maximum absolute atomic E-state index is 13.4. The van der Waals surface area contributed by atoms with Crippen molar-refractivity contribution in [2.24, 2.45) is 0 Å². The first-order chi connectivity index (χ1) is 42.4. The topological polar surface area (TPSA) is 373 Å². The molecule has 0 radical (unpaired) electrons. The van der Waals surface area contributed by atoms with Crippen molar-refractivity contribution in [2.75, 3.05) is 26.4 Å². The number of carbonyl (C=O) groups is 3. The van der Waals surface area contributed by atoms with Gasteiger partial charge in [-0.3, -0.25) is 9.59 Å². The van der Waals surface area contributed by atoms with Gasteiger partial charge in [-0.25, -0.2) is 4.79 Å². The molecule has 514 valence electrons. The number of ether oxygens (including phenoxy) is 6. The molecule has 3 saturated heterocycles. The van der Waals surface area contributed by atoms with Crippen molar-refractivity contribution in [1.29, 1.82) is 0 Å². The molecule has 18 atom stereocenters. The van der Waals surface area contributed by atoms with Crippen molar-refractivity contribution < 1.29 is 104 Å². The summed E-state index contributed by atoms with van der Waals surface area (Å²) in [5.41, 5.74) is 0. The van der Waals surface area contributed by atoms with E-state index < -0.39 is 148 Å². The highest BCUT2D eigenvalue weighted by Crippen LogP contribution is 2.39. The molecule has 18 unspecified atom stereocenters. The lowest BCUT2D eigenvalue weighted by molar-refractivity contribution is -0.386. The van der Waals surface area contributed by atoms with E-state index >= 15 is 0 Å². The summed E-state index contributed by atoms with van der Waals surface area (Å²) in [5.74, 6) is -6.12. The van der Waals surface area contributed by atoms with Gasteiger partial charge in [-0.15, -0.1) is 0 Å². The number of aliphatic hydroxyl groups excluding tert-OH is 11. The molecule has 3 heterocycles. The number of carbonyl (C=O) groups excluding carboxylic acids is 2. The summed E-state index contributed by atoms with van der Waals surface area (Å²) in [5, 5.41) is 136. The Balaban J connectivity index is 1.61. The summed E-state index contributed by atoms with van der Waals surface area (Å²) < 4.78 is 34.8. The molecule has 0 aromatic carbocycles. The quantitative estimate of drug-likeness (QED) is 0.0272. The third kappa shape index (κ3) is 29.0. The number of unbranched alkanes of at least 4 members (excludes halogenated alkanes) is 27. The Morgan fingerprint density at radius 1 is 0.591 bits per heavy atom. The van der Waals surface area contributed by atoms with Gasteiger partial charge >= 0.3 is 5.97 Å². The number of hydrogen-bond donors (Lipinski definition) is 14. The fourth-order valence-electron chi connectivity index (χ4n) is 11.8. The van der Waals surface area contributed by atoms with Gasteiger partial charge in [0.25, 0.3) is 5.79 Å². The Bertz CT molecular complexity index is 1890. The fraction of sp³-hybridized carbons (Fsp3) is 0.892. The van der Waals surface area contributed by atoms with Crippen molar-refractivity contribution in [3.05, 3.63) is 24.3 Å². The first kappa shape index (κ1) is 79.4. The van der Waals surface area contributed by atoms with Crippen molar-refractivity contribution >= 4 is 17.8 Å². The van der Waals surface area contributed by atoms with Crippen LogP contribution >= 0.6 is 0 Å². The third-order valence-corrected chi connectivity index (χ3v) is 17.2. The zero-order chi connectivity index (χ0) is 64.7. The Kier molecular flexibility index (Phi) is 41.8. The number of aliphatic carboxylic acids is 1. The van der Waals surface area contributed by atoms with Crippen LogP contribution in [0.3, 0.4) is 0 Å². The number of allylic oxidation sites excluding steroid dienone is 4. The summed E-state index contributed by atoms with van der Waals surface area (Å²) >= 11 is 0. The average molecular weight is 1260 g/mol. The van der Waals surface area contributed by atoms with E-state index in [9.17, 15) is 75.7 Å². The molecule has 23 heteroatoms. The molecule has 14 N–H and O–H groups in total. The standard InChI is InChI=1S/C65H118N2O21/c1-4-6-8-10-12-14-16-18-20-21-22-23-25-26-28-30-32-34-36-38-47(72)46(67-52(75)39-37-35-33-31-29-27-24-19-17-15-13-11-9-7-5-2)44-83-62-57(79)56(78)59(51(43-70)85-62)86-63-58(80)61(55(77)50(42-69)84-63)88-65(64(81)82)40-48(73)53(66-45(3)71)60(87-65)54(76)49(74)41-68/h13,15,17,19,46-51,53-63,68-70,72-74,76-80H,4-12,14,16,18,20-44H2,1-3H3,(H,66,71)(H,67,75)(H,81,82)/b15-13-,19-17-. The highest BCUT2D eigenvalue weighted by molar-refractivity contribution is 5.77. The second-order valence-electron chi connectivity index (χ2n) is 24.7. The van der Waals surface area contributed by atoms with E-state index in [1.54, 1.807) is 0 Å². The van der Waals surface area contributed by atoms with E-state index in [1.165, 1.54) is 109 Å². The Morgan fingerprint density at radius 3 is 1.59 bits per heavy atom.